The lowest BCUT2D eigenvalue weighted by molar-refractivity contribution is -0.137. The number of nitrogens with one attached hydrogen (secondary N) is 1. The van der Waals surface area contributed by atoms with Crippen LogP contribution in [0.15, 0.2) is 0 Å². The number of aromatic nitrogens is 1. The number of carbonyl (C=O) groups excluding carboxylic acids is 1. The van der Waals surface area contributed by atoms with Crippen molar-refractivity contribution in [2.45, 2.75) is 53.0 Å². The number of thiazole rings is 1. The Morgan fingerprint density at radius 1 is 1.35 bits per heavy atom. The molecule has 112 valence electrons. The van der Waals surface area contributed by atoms with Gasteiger partial charge in [-0.25, -0.2) is 4.98 Å². The lowest BCUT2D eigenvalue weighted by atomic mass is 10.1. The molecule has 1 rings (SSSR count). The first-order chi connectivity index (χ1) is 9.29. The second kappa shape index (κ2) is 7.38. The van der Waals surface area contributed by atoms with Crippen LogP contribution in [0.3, 0.4) is 0 Å². The number of carbonyl (C=O) groups is 2. The Hall–Kier alpha value is -1.43. The molecule has 6 heteroatoms. The second-order valence-corrected chi connectivity index (χ2v) is 6.62. The highest BCUT2D eigenvalue weighted by Gasteiger charge is 2.19. The Bertz CT molecular complexity index is 483. The van der Waals surface area contributed by atoms with Crippen LogP contribution in [-0.2, 0) is 11.2 Å². The predicted molar refractivity (Wildman–Crippen MR) is 79.2 cm³/mol. The van der Waals surface area contributed by atoms with E-state index in [9.17, 15) is 9.59 Å². The van der Waals surface area contributed by atoms with Gasteiger partial charge in [-0.2, -0.15) is 0 Å². The fraction of sp³-hybridized carbons (Fsp3) is 0.643. The number of carboxylic acid groups (broad SMARTS) is 1. The number of rotatable bonds is 7. The lowest BCUT2D eigenvalue weighted by Gasteiger charge is -2.12. The van der Waals surface area contributed by atoms with E-state index in [0.29, 0.717) is 17.2 Å². The second-order valence-electron chi connectivity index (χ2n) is 5.41. The van der Waals surface area contributed by atoms with Crippen molar-refractivity contribution in [2.24, 2.45) is 5.92 Å². The Balaban J connectivity index is 2.69. The van der Waals surface area contributed by atoms with Crippen LogP contribution in [0.4, 0.5) is 0 Å². The smallest absolute Gasteiger partial charge is 0.303 e. The first-order valence-corrected chi connectivity index (χ1v) is 7.60. The van der Waals surface area contributed by atoms with Crippen LogP contribution in [0.5, 0.6) is 0 Å². The van der Waals surface area contributed by atoms with Crippen molar-refractivity contribution in [1.82, 2.24) is 10.3 Å². The minimum atomic E-state index is -0.847. The van der Waals surface area contributed by atoms with Gasteiger partial charge in [0.25, 0.3) is 5.91 Å². The number of amides is 1. The Morgan fingerprint density at radius 3 is 2.55 bits per heavy atom. The molecule has 1 aromatic heterocycles. The third-order valence-corrected chi connectivity index (χ3v) is 3.79. The zero-order valence-electron chi connectivity index (χ0n) is 12.4. The molecule has 20 heavy (non-hydrogen) atoms. The van der Waals surface area contributed by atoms with Crippen LogP contribution in [0.25, 0.3) is 0 Å². The van der Waals surface area contributed by atoms with Crippen molar-refractivity contribution >= 4 is 23.2 Å². The Morgan fingerprint density at radius 2 is 2.00 bits per heavy atom. The van der Waals surface area contributed by atoms with Crippen LogP contribution in [0.1, 0.15) is 54.0 Å². The zero-order chi connectivity index (χ0) is 15.3. The Kier molecular flexibility index (Phi) is 6.13. The summed E-state index contributed by atoms with van der Waals surface area (Å²) in [6.45, 7) is 7.88. The van der Waals surface area contributed by atoms with E-state index in [1.54, 1.807) is 0 Å². The summed E-state index contributed by atoms with van der Waals surface area (Å²) < 4.78 is 0. The first-order valence-electron chi connectivity index (χ1n) is 6.78. The summed E-state index contributed by atoms with van der Waals surface area (Å²) in [6.07, 6.45) is 1.26. The van der Waals surface area contributed by atoms with Gasteiger partial charge in [0.2, 0.25) is 0 Å². The van der Waals surface area contributed by atoms with Gasteiger partial charge in [0, 0.05) is 12.5 Å². The van der Waals surface area contributed by atoms with Gasteiger partial charge in [-0.15, -0.1) is 11.3 Å². The average molecular weight is 298 g/mol. The van der Waals surface area contributed by atoms with E-state index >= 15 is 0 Å². The quantitative estimate of drug-likeness (QED) is 0.811. The van der Waals surface area contributed by atoms with Gasteiger partial charge >= 0.3 is 5.97 Å². The number of nitrogens with zero attached hydrogens (tertiary/aromatic N) is 1. The molecule has 0 bridgehead atoms. The molecule has 1 unspecified atom stereocenters. The maximum atomic E-state index is 12.2. The highest BCUT2D eigenvalue weighted by Crippen LogP contribution is 2.21. The molecule has 0 aromatic carbocycles. The molecule has 0 aliphatic rings. The van der Waals surface area contributed by atoms with Gasteiger partial charge in [-0.05, 0) is 32.6 Å². The molecular weight excluding hydrogens is 276 g/mol. The molecule has 1 atom stereocenters. The van der Waals surface area contributed by atoms with Crippen molar-refractivity contribution in [1.29, 1.82) is 0 Å². The highest BCUT2D eigenvalue weighted by molar-refractivity contribution is 7.13. The molecule has 0 fully saturated rings. The van der Waals surface area contributed by atoms with E-state index in [0.717, 1.165) is 17.1 Å². The van der Waals surface area contributed by atoms with Crippen molar-refractivity contribution in [3.05, 3.63) is 15.6 Å². The standard InChI is InChI=1S/C14H22N2O3S/c1-8(2)7-11-13(20-10(4)16-11)14(19)15-9(3)5-6-12(17)18/h8-9H,5-7H2,1-4H3,(H,15,19)(H,17,18). The van der Waals surface area contributed by atoms with E-state index in [1.807, 2.05) is 13.8 Å². The van der Waals surface area contributed by atoms with Crippen LogP contribution < -0.4 is 5.32 Å². The first kappa shape index (κ1) is 16.6. The van der Waals surface area contributed by atoms with Crippen LogP contribution in [0.2, 0.25) is 0 Å². The maximum absolute atomic E-state index is 12.2. The van der Waals surface area contributed by atoms with Gasteiger partial charge in [-0.1, -0.05) is 13.8 Å². The number of hydrogen-bond acceptors (Lipinski definition) is 4. The number of aryl methyl sites for hydroxylation is 1. The molecule has 0 spiro atoms. The minimum Gasteiger partial charge on any atom is -0.481 e. The van der Waals surface area contributed by atoms with E-state index < -0.39 is 5.97 Å². The minimum absolute atomic E-state index is 0.0576. The molecule has 1 amide bonds. The van der Waals surface area contributed by atoms with Crippen molar-refractivity contribution in [3.8, 4) is 0 Å². The summed E-state index contributed by atoms with van der Waals surface area (Å²) in [7, 11) is 0. The lowest BCUT2D eigenvalue weighted by Crippen LogP contribution is -2.33. The summed E-state index contributed by atoms with van der Waals surface area (Å²) in [5, 5.41) is 12.4. The molecule has 1 heterocycles. The van der Waals surface area contributed by atoms with Crippen molar-refractivity contribution < 1.29 is 14.7 Å². The highest BCUT2D eigenvalue weighted by atomic mass is 32.1. The van der Waals surface area contributed by atoms with Gasteiger partial charge < -0.3 is 10.4 Å². The summed E-state index contributed by atoms with van der Waals surface area (Å²) in [5.41, 5.74) is 0.838. The zero-order valence-corrected chi connectivity index (χ0v) is 13.2. The fourth-order valence-electron chi connectivity index (χ4n) is 1.87. The van der Waals surface area contributed by atoms with Crippen LogP contribution in [0, 0.1) is 12.8 Å². The van der Waals surface area contributed by atoms with E-state index in [2.05, 4.69) is 24.1 Å². The summed E-state index contributed by atoms with van der Waals surface area (Å²) in [6, 6.07) is -0.159. The normalized spacial score (nSPS) is 12.4. The van der Waals surface area contributed by atoms with Crippen LogP contribution >= 0.6 is 11.3 Å². The van der Waals surface area contributed by atoms with Gasteiger partial charge in [0.1, 0.15) is 4.88 Å². The molecule has 0 saturated carbocycles. The average Bonchev–Trinajstić information content (AvgIpc) is 2.66. The summed E-state index contributed by atoms with van der Waals surface area (Å²) in [5.74, 6) is -0.558. The molecule has 0 radical (unpaired) electrons. The molecule has 0 aliphatic carbocycles. The third-order valence-electron chi connectivity index (χ3n) is 2.78. The Labute approximate surface area is 123 Å². The monoisotopic (exact) mass is 298 g/mol. The van der Waals surface area contributed by atoms with Crippen LogP contribution in [-0.4, -0.2) is 28.0 Å². The summed E-state index contributed by atoms with van der Waals surface area (Å²) in [4.78, 5) is 27.8. The molecular formula is C14H22N2O3S. The maximum Gasteiger partial charge on any atom is 0.303 e. The molecule has 2 N–H and O–H groups in total. The predicted octanol–water partition coefficient (Wildman–Crippen LogP) is 2.63. The van der Waals surface area contributed by atoms with E-state index in [-0.39, 0.29) is 18.4 Å². The topological polar surface area (TPSA) is 79.3 Å². The molecule has 0 saturated heterocycles. The molecule has 1 aromatic rings. The number of aliphatic carboxylic acids is 1. The molecule has 0 aliphatic heterocycles. The van der Waals surface area contributed by atoms with Gasteiger partial charge in [0.15, 0.2) is 0 Å². The van der Waals surface area contributed by atoms with Crippen molar-refractivity contribution in [2.75, 3.05) is 0 Å². The molecule has 5 nitrogen and oxygen atoms in total. The number of carboxylic acids is 1. The SMILES string of the molecule is Cc1nc(CC(C)C)c(C(=O)NC(C)CCC(=O)O)s1. The number of hydrogen-bond donors (Lipinski definition) is 2. The third kappa shape index (κ3) is 5.28. The van der Waals surface area contributed by atoms with E-state index in [4.69, 9.17) is 5.11 Å². The summed E-state index contributed by atoms with van der Waals surface area (Å²) >= 11 is 1.39. The fourth-order valence-corrected chi connectivity index (χ4v) is 2.72. The van der Waals surface area contributed by atoms with E-state index in [1.165, 1.54) is 11.3 Å². The van der Waals surface area contributed by atoms with Crippen molar-refractivity contribution in [3.63, 3.8) is 0 Å². The largest absolute Gasteiger partial charge is 0.481 e. The van der Waals surface area contributed by atoms with Gasteiger partial charge in [-0.3, -0.25) is 9.59 Å². The van der Waals surface area contributed by atoms with Gasteiger partial charge in [0.05, 0.1) is 10.7 Å².